The molecule has 0 aliphatic rings. The van der Waals surface area contributed by atoms with Gasteiger partial charge >= 0.3 is 0 Å². The molecule has 0 spiro atoms. The average Bonchev–Trinajstić information content (AvgIpc) is 2.62. The molecule has 0 saturated heterocycles. The summed E-state index contributed by atoms with van der Waals surface area (Å²) in [5.41, 5.74) is 0.472. The lowest BCUT2D eigenvalue weighted by atomic mass is 9.77. The van der Waals surface area contributed by atoms with Crippen molar-refractivity contribution in [3.05, 3.63) is 0 Å². The van der Waals surface area contributed by atoms with Crippen LogP contribution in [0, 0.1) is 5.41 Å². The van der Waals surface area contributed by atoms with E-state index in [1.54, 1.807) is 0 Å². The molecule has 8 heteroatoms. The Kier molecular flexibility index (Phi) is 22.1. The molecule has 0 radical (unpaired) electrons. The Morgan fingerprint density at radius 3 is 0.862 bits per heavy atom. The van der Waals surface area contributed by atoms with Crippen LogP contribution in [0.3, 0.4) is 0 Å². The van der Waals surface area contributed by atoms with Crippen molar-refractivity contribution in [1.29, 1.82) is 0 Å². The van der Waals surface area contributed by atoms with Crippen molar-refractivity contribution in [2.24, 2.45) is 5.41 Å². The van der Waals surface area contributed by atoms with Gasteiger partial charge in [0.25, 0.3) is 0 Å². The lowest BCUT2D eigenvalue weighted by molar-refractivity contribution is 0.249. The monoisotopic (exact) mass is 552 g/mol. The molecule has 0 heterocycles. The summed E-state index contributed by atoms with van der Waals surface area (Å²) < 4.78 is 0. The van der Waals surface area contributed by atoms with Gasteiger partial charge in [0.1, 0.15) is 0 Å². The Bertz CT molecular complexity index is 291. The van der Waals surface area contributed by atoms with E-state index in [-0.39, 0.29) is 0 Å². The lowest BCUT2D eigenvalue weighted by Crippen LogP contribution is -2.26. The molecule has 0 aliphatic carbocycles. The van der Waals surface area contributed by atoms with Crippen LogP contribution in [0.15, 0.2) is 0 Å². The average molecular weight is 553 g/mol. The standard InChI is InChI=1S/C21H44S8/c1-17(22)13-26-9-5-21(6-10-27-14-18(2)23,7-11-28-15-19(3)24)8-12-29-16-20(4)25/h17-20,22-25H,5-16H2,1-4H3. The van der Waals surface area contributed by atoms with E-state index in [9.17, 15) is 0 Å². The highest BCUT2D eigenvalue weighted by Gasteiger charge is 2.29. The molecule has 4 unspecified atom stereocenters. The summed E-state index contributed by atoms with van der Waals surface area (Å²) in [5, 5.41) is 1.95. The summed E-state index contributed by atoms with van der Waals surface area (Å²) in [7, 11) is 0. The Labute approximate surface area is 221 Å². The van der Waals surface area contributed by atoms with E-state index in [4.69, 9.17) is 0 Å². The summed E-state index contributed by atoms with van der Waals surface area (Å²) in [5.74, 6) is 9.68. The van der Waals surface area contributed by atoms with Gasteiger partial charge in [0.15, 0.2) is 0 Å². The predicted molar refractivity (Wildman–Crippen MR) is 164 cm³/mol. The number of thiol groups is 4. The lowest BCUT2D eigenvalue weighted by Gasteiger charge is -2.35. The highest BCUT2D eigenvalue weighted by Crippen LogP contribution is 2.40. The van der Waals surface area contributed by atoms with Gasteiger partial charge in [-0.1, -0.05) is 27.7 Å². The maximum Gasteiger partial charge on any atom is 0.00791 e. The van der Waals surface area contributed by atoms with Crippen molar-refractivity contribution in [2.75, 3.05) is 46.0 Å². The summed E-state index contributed by atoms with van der Waals surface area (Å²) >= 11 is 26.6. The van der Waals surface area contributed by atoms with Gasteiger partial charge in [-0.2, -0.15) is 97.6 Å². The maximum atomic E-state index is 4.56. The summed E-state index contributed by atoms with van der Waals surface area (Å²) in [4.78, 5) is 0. The molecule has 4 atom stereocenters. The number of hydrogen-bond donors (Lipinski definition) is 4. The van der Waals surface area contributed by atoms with E-state index in [1.807, 2.05) is 0 Å². The molecule has 0 amide bonds. The van der Waals surface area contributed by atoms with Gasteiger partial charge in [0.05, 0.1) is 0 Å². The molecule has 0 bridgehead atoms. The third-order valence-corrected chi connectivity index (χ3v) is 11.2. The fourth-order valence-electron chi connectivity index (χ4n) is 2.92. The van der Waals surface area contributed by atoms with Gasteiger partial charge in [-0.05, 0) is 54.1 Å². The molecule has 0 aromatic rings. The molecular formula is C21H44S8. The van der Waals surface area contributed by atoms with Gasteiger partial charge in [0.2, 0.25) is 0 Å². The fraction of sp³-hybridized carbons (Fsp3) is 1.00. The molecule has 176 valence electrons. The second kappa shape index (κ2) is 20.2. The zero-order valence-corrected chi connectivity index (χ0v) is 25.6. The fourth-order valence-corrected chi connectivity index (χ4v) is 8.53. The second-order valence-electron chi connectivity index (χ2n) is 8.20. The van der Waals surface area contributed by atoms with Crippen molar-refractivity contribution in [3.8, 4) is 0 Å². The zero-order chi connectivity index (χ0) is 22.1. The topological polar surface area (TPSA) is 0 Å². The van der Waals surface area contributed by atoms with Crippen molar-refractivity contribution in [1.82, 2.24) is 0 Å². The Balaban J connectivity index is 4.86. The van der Waals surface area contributed by atoms with Crippen molar-refractivity contribution >= 4 is 97.6 Å². The van der Waals surface area contributed by atoms with Crippen LogP contribution < -0.4 is 0 Å². The third-order valence-electron chi connectivity index (χ3n) is 4.54. The molecule has 0 fully saturated rings. The molecule has 0 nitrogen and oxygen atoms in total. The molecule has 0 saturated carbocycles. The van der Waals surface area contributed by atoms with E-state index in [1.165, 1.54) is 48.7 Å². The van der Waals surface area contributed by atoms with E-state index in [2.05, 4.69) is 125 Å². The molecule has 0 N–H and O–H groups in total. The maximum absolute atomic E-state index is 4.56. The van der Waals surface area contributed by atoms with Crippen LogP contribution >= 0.6 is 97.6 Å². The Morgan fingerprint density at radius 1 is 0.483 bits per heavy atom. The van der Waals surface area contributed by atoms with E-state index >= 15 is 0 Å². The quantitative estimate of drug-likeness (QED) is 0.0900. The first-order valence-electron chi connectivity index (χ1n) is 10.7. The minimum Gasteiger partial charge on any atom is -0.175 e. The Morgan fingerprint density at radius 2 is 0.690 bits per heavy atom. The predicted octanol–water partition coefficient (Wildman–Crippen LogP) is 7.74. The van der Waals surface area contributed by atoms with Crippen LogP contribution in [0.1, 0.15) is 53.4 Å². The van der Waals surface area contributed by atoms with Crippen molar-refractivity contribution < 1.29 is 0 Å². The van der Waals surface area contributed by atoms with Crippen LogP contribution in [0.2, 0.25) is 0 Å². The first-order valence-corrected chi connectivity index (χ1v) is 17.4. The SMILES string of the molecule is CC(S)CSCCC(CCSCC(C)S)(CCSCC(C)S)CCSCC(C)S. The molecular weight excluding hydrogens is 509 g/mol. The number of thioether (sulfide) groups is 4. The van der Waals surface area contributed by atoms with Gasteiger partial charge in [0, 0.05) is 44.0 Å². The first-order chi connectivity index (χ1) is 13.7. The van der Waals surface area contributed by atoms with Crippen LogP contribution in [-0.4, -0.2) is 67.0 Å². The summed E-state index contributed by atoms with van der Waals surface area (Å²) in [6.45, 7) is 8.79. The van der Waals surface area contributed by atoms with E-state index in [0.717, 1.165) is 23.0 Å². The van der Waals surface area contributed by atoms with Crippen molar-refractivity contribution in [2.45, 2.75) is 74.4 Å². The van der Waals surface area contributed by atoms with Crippen LogP contribution in [-0.2, 0) is 0 Å². The van der Waals surface area contributed by atoms with Gasteiger partial charge in [-0.15, -0.1) is 0 Å². The number of hydrogen-bond acceptors (Lipinski definition) is 8. The number of rotatable bonds is 20. The normalized spacial score (nSPS) is 18.2. The summed E-state index contributed by atoms with van der Waals surface area (Å²) in [6, 6.07) is 0. The third kappa shape index (κ3) is 21.1. The largest absolute Gasteiger partial charge is 0.175 e. The molecule has 0 aliphatic heterocycles. The highest BCUT2D eigenvalue weighted by atomic mass is 32.2. The first kappa shape index (κ1) is 31.8. The molecule has 0 rings (SSSR count). The van der Waals surface area contributed by atoms with E-state index < -0.39 is 0 Å². The van der Waals surface area contributed by atoms with Crippen LogP contribution in [0.5, 0.6) is 0 Å². The van der Waals surface area contributed by atoms with Gasteiger partial charge in [-0.3, -0.25) is 0 Å². The van der Waals surface area contributed by atoms with Crippen LogP contribution in [0.25, 0.3) is 0 Å². The van der Waals surface area contributed by atoms with Crippen molar-refractivity contribution in [3.63, 3.8) is 0 Å². The second-order valence-corrected chi connectivity index (χ2v) is 16.3. The minimum atomic E-state index is 0.472. The molecule has 29 heavy (non-hydrogen) atoms. The Hall–Kier alpha value is 2.80. The smallest absolute Gasteiger partial charge is 0.00791 e. The zero-order valence-electron chi connectivity index (χ0n) is 18.7. The molecule has 0 aromatic heterocycles. The van der Waals surface area contributed by atoms with Gasteiger partial charge < -0.3 is 0 Å². The highest BCUT2D eigenvalue weighted by molar-refractivity contribution is 8.00. The van der Waals surface area contributed by atoms with Gasteiger partial charge in [-0.25, -0.2) is 0 Å². The summed E-state index contributed by atoms with van der Waals surface area (Å²) in [6.07, 6.45) is 5.35. The minimum absolute atomic E-state index is 0.472. The van der Waals surface area contributed by atoms with Crippen LogP contribution in [0.4, 0.5) is 0 Å². The molecule has 0 aromatic carbocycles. The van der Waals surface area contributed by atoms with E-state index in [0.29, 0.717) is 26.4 Å².